The van der Waals surface area contributed by atoms with Gasteiger partial charge in [0.05, 0.1) is 19.1 Å². The van der Waals surface area contributed by atoms with Gasteiger partial charge in [0.25, 0.3) is 0 Å². The van der Waals surface area contributed by atoms with Gasteiger partial charge in [0, 0.05) is 26.3 Å². The maximum Gasteiger partial charge on any atom is 0.315 e. The van der Waals surface area contributed by atoms with Gasteiger partial charge >= 0.3 is 12.0 Å². The Balaban J connectivity index is 3.56. The van der Waals surface area contributed by atoms with Crippen LogP contribution in [0, 0.1) is 5.92 Å². The number of carbonyl (C=O) groups is 2. The first-order chi connectivity index (χ1) is 8.99. The summed E-state index contributed by atoms with van der Waals surface area (Å²) in [5.74, 6) is -1.55. The Morgan fingerprint density at radius 2 is 1.89 bits per heavy atom. The lowest BCUT2D eigenvalue weighted by Gasteiger charge is -2.18. The summed E-state index contributed by atoms with van der Waals surface area (Å²) in [4.78, 5) is 22.1. The number of ether oxygens (including phenoxy) is 2. The van der Waals surface area contributed by atoms with Crippen molar-refractivity contribution in [1.29, 1.82) is 0 Å². The standard InChI is InChI=1S/C12H24N2O5/c1-9(11(15)16)10(2)14-12(17)13-5-4-6-19-8-7-18-3/h9-10H,4-8H2,1-3H3,(H,15,16)(H2,13,14,17). The number of urea groups is 1. The van der Waals surface area contributed by atoms with Crippen LogP contribution < -0.4 is 10.6 Å². The third-order valence-electron chi connectivity index (χ3n) is 2.68. The lowest BCUT2D eigenvalue weighted by molar-refractivity contribution is -0.141. The van der Waals surface area contributed by atoms with Crippen molar-refractivity contribution < 1.29 is 24.2 Å². The number of aliphatic carboxylic acids is 1. The number of rotatable bonds is 10. The van der Waals surface area contributed by atoms with Crippen LogP contribution in [0.1, 0.15) is 20.3 Å². The van der Waals surface area contributed by atoms with Gasteiger partial charge in [-0.15, -0.1) is 0 Å². The van der Waals surface area contributed by atoms with Gasteiger partial charge in [-0.05, 0) is 20.3 Å². The van der Waals surface area contributed by atoms with E-state index < -0.39 is 17.9 Å². The molecule has 0 saturated heterocycles. The van der Waals surface area contributed by atoms with Gasteiger partial charge in [-0.3, -0.25) is 4.79 Å². The van der Waals surface area contributed by atoms with Crippen LogP contribution in [0.2, 0.25) is 0 Å². The lowest BCUT2D eigenvalue weighted by Crippen LogP contribution is -2.45. The molecule has 0 fully saturated rings. The smallest absolute Gasteiger partial charge is 0.315 e. The quantitative estimate of drug-likeness (QED) is 0.503. The average Bonchev–Trinajstić information content (AvgIpc) is 2.36. The molecule has 19 heavy (non-hydrogen) atoms. The van der Waals surface area contributed by atoms with Gasteiger partial charge in [-0.1, -0.05) is 0 Å². The van der Waals surface area contributed by atoms with Crippen LogP contribution in [0.5, 0.6) is 0 Å². The molecule has 2 amide bonds. The van der Waals surface area contributed by atoms with Gasteiger partial charge in [0.15, 0.2) is 0 Å². The first-order valence-electron chi connectivity index (χ1n) is 6.33. The minimum atomic E-state index is -0.931. The predicted molar refractivity (Wildman–Crippen MR) is 70.1 cm³/mol. The summed E-state index contributed by atoms with van der Waals surface area (Å²) < 4.78 is 10.1. The molecule has 0 aliphatic heterocycles. The summed E-state index contributed by atoms with van der Waals surface area (Å²) >= 11 is 0. The van der Waals surface area contributed by atoms with Crippen LogP contribution in [-0.4, -0.2) is 56.6 Å². The highest BCUT2D eigenvalue weighted by Gasteiger charge is 2.20. The van der Waals surface area contributed by atoms with E-state index in [4.69, 9.17) is 14.6 Å². The minimum Gasteiger partial charge on any atom is -0.481 e. The number of carboxylic acid groups (broad SMARTS) is 1. The molecule has 0 aromatic rings. The molecule has 0 saturated carbocycles. The third-order valence-corrected chi connectivity index (χ3v) is 2.68. The van der Waals surface area contributed by atoms with Crippen molar-refractivity contribution in [1.82, 2.24) is 10.6 Å². The number of hydrogen-bond donors (Lipinski definition) is 3. The summed E-state index contributed by atoms with van der Waals surface area (Å²) in [6.45, 7) is 5.33. The highest BCUT2D eigenvalue weighted by atomic mass is 16.5. The molecule has 3 N–H and O–H groups in total. The highest BCUT2D eigenvalue weighted by Crippen LogP contribution is 2.01. The van der Waals surface area contributed by atoms with Crippen molar-refractivity contribution >= 4 is 12.0 Å². The monoisotopic (exact) mass is 276 g/mol. The molecule has 0 radical (unpaired) electrons. The van der Waals surface area contributed by atoms with Crippen LogP contribution >= 0.6 is 0 Å². The van der Waals surface area contributed by atoms with E-state index in [1.54, 1.807) is 21.0 Å². The number of amides is 2. The van der Waals surface area contributed by atoms with Gasteiger partial charge < -0.3 is 25.2 Å². The molecule has 0 spiro atoms. The zero-order chi connectivity index (χ0) is 14.7. The zero-order valence-corrected chi connectivity index (χ0v) is 11.8. The van der Waals surface area contributed by atoms with E-state index in [9.17, 15) is 9.59 Å². The fourth-order valence-electron chi connectivity index (χ4n) is 1.22. The molecule has 0 aromatic carbocycles. The van der Waals surface area contributed by atoms with Gasteiger partial charge in [0.1, 0.15) is 0 Å². The van der Waals surface area contributed by atoms with E-state index >= 15 is 0 Å². The average molecular weight is 276 g/mol. The second kappa shape index (κ2) is 10.6. The Hall–Kier alpha value is -1.34. The van der Waals surface area contributed by atoms with E-state index in [0.717, 1.165) is 0 Å². The van der Waals surface area contributed by atoms with Gasteiger partial charge in [-0.25, -0.2) is 4.79 Å². The molecule has 0 heterocycles. The summed E-state index contributed by atoms with van der Waals surface area (Å²) in [6.07, 6.45) is 0.694. The minimum absolute atomic E-state index is 0.363. The summed E-state index contributed by atoms with van der Waals surface area (Å²) in [5.41, 5.74) is 0. The van der Waals surface area contributed by atoms with E-state index in [1.807, 2.05) is 0 Å². The third kappa shape index (κ3) is 9.26. The number of nitrogens with one attached hydrogen (secondary N) is 2. The molecule has 7 nitrogen and oxygen atoms in total. The first-order valence-corrected chi connectivity index (χ1v) is 6.33. The van der Waals surface area contributed by atoms with Crippen molar-refractivity contribution in [2.75, 3.05) is 33.5 Å². The topological polar surface area (TPSA) is 96.9 Å². The Labute approximate surface area is 113 Å². The van der Waals surface area contributed by atoms with Crippen LogP contribution in [0.25, 0.3) is 0 Å². The number of methoxy groups -OCH3 is 1. The Morgan fingerprint density at radius 3 is 2.47 bits per heavy atom. The molecule has 0 aliphatic carbocycles. The van der Waals surface area contributed by atoms with Gasteiger partial charge in [0.2, 0.25) is 0 Å². The van der Waals surface area contributed by atoms with Crippen LogP contribution in [0.4, 0.5) is 4.79 Å². The zero-order valence-electron chi connectivity index (χ0n) is 11.8. The Bertz CT molecular complexity index is 273. The van der Waals surface area contributed by atoms with Crippen molar-refractivity contribution in [3.63, 3.8) is 0 Å². The van der Waals surface area contributed by atoms with E-state index in [2.05, 4.69) is 10.6 Å². The molecule has 2 unspecified atom stereocenters. The molecular formula is C12H24N2O5. The summed E-state index contributed by atoms with van der Waals surface area (Å²) in [5, 5.41) is 14.0. The SMILES string of the molecule is COCCOCCCNC(=O)NC(C)C(C)C(=O)O. The van der Waals surface area contributed by atoms with Crippen LogP contribution in [0.15, 0.2) is 0 Å². The Kier molecular flexibility index (Phi) is 9.82. The highest BCUT2D eigenvalue weighted by molar-refractivity contribution is 5.76. The second-order valence-corrected chi connectivity index (χ2v) is 4.27. The molecular weight excluding hydrogens is 252 g/mol. The van der Waals surface area contributed by atoms with Crippen molar-refractivity contribution in [2.24, 2.45) is 5.92 Å². The van der Waals surface area contributed by atoms with E-state index in [-0.39, 0.29) is 6.03 Å². The van der Waals surface area contributed by atoms with E-state index in [0.29, 0.717) is 32.8 Å². The molecule has 0 aliphatic rings. The Morgan fingerprint density at radius 1 is 1.21 bits per heavy atom. The molecule has 2 atom stereocenters. The van der Waals surface area contributed by atoms with Crippen LogP contribution in [-0.2, 0) is 14.3 Å². The molecule has 112 valence electrons. The van der Waals surface area contributed by atoms with E-state index in [1.165, 1.54) is 0 Å². The summed E-state index contributed by atoms with van der Waals surface area (Å²) in [6, 6.07) is -0.784. The number of hydrogen-bond acceptors (Lipinski definition) is 4. The normalized spacial score (nSPS) is 13.6. The molecule has 7 heteroatoms. The van der Waals surface area contributed by atoms with Gasteiger partial charge in [-0.2, -0.15) is 0 Å². The maximum atomic E-state index is 11.4. The lowest BCUT2D eigenvalue weighted by atomic mass is 10.0. The molecule has 0 rings (SSSR count). The summed E-state index contributed by atoms with van der Waals surface area (Å²) in [7, 11) is 1.61. The largest absolute Gasteiger partial charge is 0.481 e. The van der Waals surface area contributed by atoms with Crippen LogP contribution in [0.3, 0.4) is 0 Å². The number of carboxylic acids is 1. The van der Waals surface area contributed by atoms with Crippen molar-refractivity contribution in [2.45, 2.75) is 26.3 Å². The second-order valence-electron chi connectivity index (χ2n) is 4.27. The first kappa shape index (κ1) is 17.7. The fourth-order valence-corrected chi connectivity index (χ4v) is 1.22. The maximum absolute atomic E-state index is 11.4. The number of carbonyl (C=O) groups excluding carboxylic acids is 1. The predicted octanol–water partition coefficient (Wildman–Crippen LogP) is 0.448. The van der Waals surface area contributed by atoms with Crippen molar-refractivity contribution in [3.8, 4) is 0 Å². The fraction of sp³-hybridized carbons (Fsp3) is 0.833. The molecule has 0 bridgehead atoms. The van der Waals surface area contributed by atoms with Crippen molar-refractivity contribution in [3.05, 3.63) is 0 Å². The molecule has 0 aromatic heterocycles.